The lowest BCUT2D eigenvalue weighted by Gasteiger charge is -2.30. The van der Waals surface area contributed by atoms with E-state index in [0.717, 1.165) is 5.56 Å². The zero-order valence-corrected chi connectivity index (χ0v) is 12.0. The summed E-state index contributed by atoms with van der Waals surface area (Å²) in [6, 6.07) is 9.49. The van der Waals surface area contributed by atoms with E-state index < -0.39 is 0 Å². The van der Waals surface area contributed by atoms with Gasteiger partial charge in [-0.05, 0) is 35.9 Å². The highest BCUT2D eigenvalue weighted by Gasteiger charge is 2.27. The molecule has 20 heavy (non-hydrogen) atoms. The lowest BCUT2D eigenvalue weighted by atomic mass is 9.93. The number of hydrogen-bond donors (Lipinski definition) is 1. The Kier molecular flexibility index (Phi) is 3.59. The molecule has 0 amide bonds. The second kappa shape index (κ2) is 5.24. The molecule has 0 saturated heterocycles. The summed E-state index contributed by atoms with van der Waals surface area (Å²) in [4.78, 5) is 0. The largest absolute Gasteiger partial charge is 0.485 e. The molecule has 1 aliphatic rings. The SMILES string of the molecule is N[C@@H]1CC(c2ccc(Cl)c(Cl)c2)Oc2ccc(F)cc21. The Morgan fingerprint density at radius 2 is 1.90 bits per heavy atom. The molecule has 2 atom stereocenters. The van der Waals surface area contributed by atoms with Gasteiger partial charge >= 0.3 is 0 Å². The van der Waals surface area contributed by atoms with E-state index >= 15 is 0 Å². The van der Waals surface area contributed by atoms with Crippen LogP contribution in [0.5, 0.6) is 5.75 Å². The predicted molar refractivity (Wildman–Crippen MR) is 77.8 cm³/mol. The Bertz CT molecular complexity index is 662. The first kappa shape index (κ1) is 13.7. The molecule has 1 aliphatic heterocycles. The lowest BCUT2D eigenvalue weighted by molar-refractivity contribution is 0.161. The summed E-state index contributed by atoms with van der Waals surface area (Å²) < 4.78 is 19.1. The lowest BCUT2D eigenvalue weighted by Crippen LogP contribution is -2.24. The van der Waals surface area contributed by atoms with Gasteiger partial charge in [-0.15, -0.1) is 0 Å². The van der Waals surface area contributed by atoms with Crippen LogP contribution < -0.4 is 10.5 Å². The van der Waals surface area contributed by atoms with E-state index in [9.17, 15) is 4.39 Å². The van der Waals surface area contributed by atoms with Crippen LogP contribution in [0.3, 0.4) is 0 Å². The van der Waals surface area contributed by atoms with Crippen molar-refractivity contribution in [3.8, 4) is 5.75 Å². The van der Waals surface area contributed by atoms with Crippen LogP contribution in [0.1, 0.15) is 29.7 Å². The van der Waals surface area contributed by atoms with E-state index in [0.29, 0.717) is 27.8 Å². The molecule has 2 aromatic rings. The van der Waals surface area contributed by atoms with Gasteiger partial charge in [0.1, 0.15) is 17.7 Å². The average Bonchev–Trinajstić information content (AvgIpc) is 2.42. The molecule has 0 spiro atoms. The molecule has 0 fully saturated rings. The molecule has 0 saturated carbocycles. The third kappa shape index (κ3) is 2.49. The van der Waals surface area contributed by atoms with Crippen molar-refractivity contribution in [1.29, 1.82) is 0 Å². The second-order valence-electron chi connectivity index (χ2n) is 4.80. The number of hydrogen-bond acceptors (Lipinski definition) is 2. The summed E-state index contributed by atoms with van der Waals surface area (Å²) in [7, 11) is 0. The van der Waals surface area contributed by atoms with Gasteiger partial charge < -0.3 is 10.5 Å². The standard InChI is InChI=1S/C15H12Cl2FNO/c16-11-3-1-8(5-12(11)17)15-7-13(19)10-6-9(18)2-4-14(10)20-15/h1-6,13,15H,7,19H2/t13-,15?/m1/s1. The molecule has 2 aromatic carbocycles. The number of nitrogens with two attached hydrogens (primary N) is 1. The minimum atomic E-state index is -0.309. The maximum absolute atomic E-state index is 13.2. The highest BCUT2D eigenvalue weighted by atomic mass is 35.5. The summed E-state index contributed by atoms with van der Waals surface area (Å²) in [5.41, 5.74) is 7.71. The Labute approximate surface area is 126 Å². The zero-order chi connectivity index (χ0) is 14.3. The van der Waals surface area contributed by atoms with Crippen LogP contribution in [0.25, 0.3) is 0 Å². The van der Waals surface area contributed by atoms with Gasteiger partial charge in [-0.2, -0.15) is 0 Å². The number of rotatable bonds is 1. The van der Waals surface area contributed by atoms with Crippen molar-refractivity contribution in [3.63, 3.8) is 0 Å². The van der Waals surface area contributed by atoms with E-state index in [1.807, 2.05) is 6.07 Å². The molecule has 1 heterocycles. The molecule has 0 aromatic heterocycles. The van der Waals surface area contributed by atoms with Gasteiger partial charge in [0.05, 0.1) is 10.0 Å². The van der Waals surface area contributed by atoms with E-state index in [2.05, 4.69) is 0 Å². The van der Waals surface area contributed by atoms with Gasteiger partial charge in [-0.1, -0.05) is 29.3 Å². The highest BCUT2D eigenvalue weighted by molar-refractivity contribution is 6.42. The van der Waals surface area contributed by atoms with Crippen molar-refractivity contribution in [2.24, 2.45) is 5.73 Å². The minimum absolute atomic E-state index is 0.210. The van der Waals surface area contributed by atoms with Crippen LogP contribution in [0, 0.1) is 5.82 Å². The number of ether oxygens (including phenoxy) is 1. The van der Waals surface area contributed by atoms with Crippen molar-refractivity contribution in [2.45, 2.75) is 18.6 Å². The summed E-state index contributed by atoms with van der Waals surface area (Å²) in [5.74, 6) is 0.303. The quantitative estimate of drug-likeness (QED) is 0.831. The molecular formula is C15H12Cl2FNO. The van der Waals surface area contributed by atoms with Gasteiger partial charge in [-0.25, -0.2) is 4.39 Å². The first-order valence-corrected chi connectivity index (χ1v) is 6.97. The molecule has 1 unspecified atom stereocenters. The zero-order valence-electron chi connectivity index (χ0n) is 10.4. The number of benzene rings is 2. The molecule has 0 aliphatic carbocycles. The predicted octanol–water partition coefficient (Wildman–Crippen LogP) is 4.66. The van der Waals surface area contributed by atoms with Crippen molar-refractivity contribution in [2.75, 3.05) is 0 Å². The van der Waals surface area contributed by atoms with E-state index in [4.69, 9.17) is 33.7 Å². The Hall–Kier alpha value is -1.29. The van der Waals surface area contributed by atoms with Crippen LogP contribution in [0.4, 0.5) is 4.39 Å². The van der Waals surface area contributed by atoms with Crippen molar-refractivity contribution < 1.29 is 9.13 Å². The van der Waals surface area contributed by atoms with Gasteiger partial charge in [0.25, 0.3) is 0 Å². The van der Waals surface area contributed by atoms with Crippen molar-refractivity contribution in [3.05, 3.63) is 63.4 Å². The molecule has 2 nitrogen and oxygen atoms in total. The molecular weight excluding hydrogens is 300 g/mol. The minimum Gasteiger partial charge on any atom is -0.485 e. The first-order chi connectivity index (χ1) is 9.54. The van der Waals surface area contributed by atoms with Crippen molar-refractivity contribution >= 4 is 23.2 Å². The molecule has 5 heteroatoms. The van der Waals surface area contributed by atoms with Gasteiger partial charge in [0, 0.05) is 18.0 Å². The fraction of sp³-hybridized carbons (Fsp3) is 0.200. The highest BCUT2D eigenvalue weighted by Crippen LogP contribution is 2.40. The second-order valence-corrected chi connectivity index (χ2v) is 5.62. The van der Waals surface area contributed by atoms with Crippen LogP contribution in [0.2, 0.25) is 10.0 Å². The fourth-order valence-corrected chi connectivity index (χ4v) is 2.70. The average molecular weight is 312 g/mol. The fourth-order valence-electron chi connectivity index (χ4n) is 2.39. The normalized spacial score (nSPS) is 21.2. The Morgan fingerprint density at radius 3 is 2.65 bits per heavy atom. The maximum atomic E-state index is 13.2. The summed E-state index contributed by atoms with van der Waals surface area (Å²) in [5, 5.41) is 0.976. The summed E-state index contributed by atoms with van der Waals surface area (Å²) in [6.45, 7) is 0. The van der Waals surface area contributed by atoms with E-state index in [1.54, 1.807) is 18.2 Å². The third-order valence-corrected chi connectivity index (χ3v) is 4.16. The molecule has 3 rings (SSSR count). The van der Waals surface area contributed by atoms with E-state index in [-0.39, 0.29) is 18.0 Å². The molecule has 0 radical (unpaired) electrons. The van der Waals surface area contributed by atoms with Crippen LogP contribution in [0.15, 0.2) is 36.4 Å². The first-order valence-electron chi connectivity index (χ1n) is 6.21. The monoisotopic (exact) mass is 311 g/mol. The number of halogens is 3. The Morgan fingerprint density at radius 1 is 1.10 bits per heavy atom. The molecule has 104 valence electrons. The summed E-state index contributed by atoms with van der Waals surface area (Å²) in [6.07, 6.45) is 0.353. The van der Waals surface area contributed by atoms with Gasteiger partial charge in [0.2, 0.25) is 0 Å². The third-order valence-electron chi connectivity index (χ3n) is 3.42. The molecule has 2 N–H and O–H groups in total. The maximum Gasteiger partial charge on any atom is 0.126 e. The molecule has 0 bridgehead atoms. The van der Waals surface area contributed by atoms with Gasteiger partial charge in [0.15, 0.2) is 0 Å². The van der Waals surface area contributed by atoms with Crippen LogP contribution >= 0.6 is 23.2 Å². The Balaban J connectivity index is 1.94. The van der Waals surface area contributed by atoms with Crippen LogP contribution in [-0.2, 0) is 0 Å². The number of fused-ring (bicyclic) bond motifs is 1. The van der Waals surface area contributed by atoms with Gasteiger partial charge in [-0.3, -0.25) is 0 Å². The summed E-state index contributed by atoms with van der Waals surface area (Å²) >= 11 is 11.9. The van der Waals surface area contributed by atoms with E-state index in [1.165, 1.54) is 12.1 Å². The van der Waals surface area contributed by atoms with Crippen LogP contribution in [-0.4, -0.2) is 0 Å². The van der Waals surface area contributed by atoms with Crippen molar-refractivity contribution in [1.82, 2.24) is 0 Å². The topological polar surface area (TPSA) is 35.2 Å². The smallest absolute Gasteiger partial charge is 0.126 e.